The molecule has 0 unspecified atom stereocenters. The summed E-state index contributed by atoms with van der Waals surface area (Å²) < 4.78 is 0. The van der Waals surface area contributed by atoms with E-state index in [9.17, 15) is 0 Å². The lowest BCUT2D eigenvalue weighted by molar-refractivity contribution is 0.603. The molecule has 0 saturated carbocycles. The maximum absolute atomic E-state index is 2.32. The average molecular weight is 302 g/mol. The molecular formula is C19H41S+. The van der Waals surface area contributed by atoms with Gasteiger partial charge in [-0.25, -0.2) is 0 Å². The van der Waals surface area contributed by atoms with Crippen molar-refractivity contribution in [2.45, 2.75) is 104 Å². The van der Waals surface area contributed by atoms with Gasteiger partial charge in [0, 0.05) is 0 Å². The number of unbranched alkanes of at least 4 members (excludes halogenated alkanes) is 10. The fourth-order valence-corrected chi connectivity index (χ4v) is 5.13. The molecule has 0 N–H and O–H groups in total. The Bertz CT molecular complexity index is 157. The minimum atomic E-state index is 0.764. The Balaban J connectivity index is 3.56. The van der Waals surface area contributed by atoms with E-state index in [1.807, 2.05) is 0 Å². The van der Waals surface area contributed by atoms with Crippen molar-refractivity contribution in [2.75, 3.05) is 17.3 Å². The molecule has 0 nitrogen and oxygen atoms in total. The SMILES string of the molecule is CCCCCCCCC[S+](CCCCC)CCCCC. The minimum absolute atomic E-state index is 0.764. The molecule has 0 bridgehead atoms. The first-order chi connectivity index (χ1) is 9.85. The van der Waals surface area contributed by atoms with Crippen LogP contribution in [-0.2, 0) is 10.9 Å². The Morgan fingerprint density at radius 1 is 0.400 bits per heavy atom. The second-order valence-electron chi connectivity index (χ2n) is 6.26. The lowest BCUT2D eigenvalue weighted by atomic mass is 10.1. The number of hydrogen-bond acceptors (Lipinski definition) is 0. The highest BCUT2D eigenvalue weighted by atomic mass is 32.2. The molecule has 0 aromatic heterocycles. The van der Waals surface area contributed by atoms with Crippen LogP contribution in [0.3, 0.4) is 0 Å². The van der Waals surface area contributed by atoms with E-state index in [1.165, 1.54) is 95.0 Å². The Labute approximate surface area is 132 Å². The van der Waals surface area contributed by atoms with Crippen LogP contribution in [0.2, 0.25) is 0 Å². The van der Waals surface area contributed by atoms with Crippen LogP contribution in [-0.4, -0.2) is 17.3 Å². The summed E-state index contributed by atoms with van der Waals surface area (Å²) in [6.45, 7) is 6.95. The van der Waals surface area contributed by atoms with Crippen LogP contribution in [0, 0.1) is 0 Å². The van der Waals surface area contributed by atoms with Crippen LogP contribution < -0.4 is 0 Å². The topological polar surface area (TPSA) is 0 Å². The summed E-state index contributed by atoms with van der Waals surface area (Å²) in [5.74, 6) is 4.61. The van der Waals surface area contributed by atoms with Crippen LogP contribution in [0.1, 0.15) is 104 Å². The van der Waals surface area contributed by atoms with Crippen molar-refractivity contribution in [1.82, 2.24) is 0 Å². The van der Waals surface area contributed by atoms with Gasteiger partial charge in [0.25, 0.3) is 0 Å². The smallest absolute Gasteiger partial charge is 0.0654 e. The normalized spacial score (nSPS) is 11.4. The first-order valence-corrected chi connectivity index (χ1v) is 11.2. The molecule has 0 aromatic carbocycles. The maximum Gasteiger partial charge on any atom is 0.108 e. The summed E-state index contributed by atoms with van der Waals surface area (Å²) in [5.41, 5.74) is 0. The van der Waals surface area contributed by atoms with Gasteiger partial charge in [0.2, 0.25) is 0 Å². The van der Waals surface area contributed by atoms with Crippen molar-refractivity contribution in [3.05, 3.63) is 0 Å². The number of hydrogen-bond donors (Lipinski definition) is 0. The summed E-state index contributed by atoms with van der Waals surface area (Å²) >= 11 is 0. The van der Waals surface area contributed by atoms with E-state index in [0.717, 1.165) is 10.9 Å². The summed E-state index contributed by atoms with van der Waals surface area (Å²) in [5, 5.41) is 0. The monoisotopic (exact) mass is 301 g/mol. The molecule has 122 valence electrons. The summed E-state index contributed by atoms with van der Waals surface area (Å²) in [6.07, 6.45) is 18.9. The lowest BCUT2D eigenvalue weighted by Gasteiger charge is -2.09. The molecule has 0 heterocycles. The van der Waals surface area contributed by atoms with E-state index in [2.05, 4.69) is 20.8 Å². The molecule has 0 fully saturated rings. The summed E-state index contributed by atoms with van der Waals surface area (Å²) in [7, 11) is 0.764. The van der Waals surface area contributed by atoms with Crippen LogP contribution in [0.25, 0.3) is 0 Å². The molecule has 20 heavy (non-hydrogen) atoms. The van der Waals surface area contributed by atoms with Gasteiger partial charge in [-0.15, -0.1) is 0 Å². The van der Waals surface area contributed by atoms with Gasteiger partial charge in [-0.2, -0.15) is 0 Å². The minimum Gasteiger partial charge on any atom is -0.0654 e. The van der Waals surface area contributed by atoms with Gasteiger partial charge < -0.3 is 0 Å². The van der Waals surface area contributed by atoms with Crippen molar-refractivity contribution < 1.29 is 0 Å². The largest absolute Gasteiger partial charge is 0.108 e. The van der Waals surface area contributed by atoms with Gasteiger partial charge >= 0.3 is 0 Å². The van der Waals surface area contributed by atoms with Crippen LogP contribution in [0.5, 0.6) is 0 Å². The lowest BCUT2D eigenvalue weighted by Crippen LogP contribution is -2.16. The zero-order valence-corrected chi connectivity index (χ0v) is 15.5. The average Bonchev–Trinajstić information content (AvgIpc) is 2.46. The molecule has 0 rings (SSSR count). The molecule has 0 spiro atoms. The fraction of sp³-hybridized carbons (Fsp3) is 1.00. The molecule has 0 radical (unpaired) electrons. The molecule has 0 saturated heterocycles. The molecule has 0 aliphatic rings. The highest BCUT2D eigenvalue weighted by molar-refractivity contribution is 7.96. The molecule has 0 aliphatic carbocycles. The Morgan fingerprint density at radius 3 is 1.15 bits per heavy atom. The standard InChI is InChI=1S/C19H41S/c1-4-7-10-11-12-13-16-19-20(17-14-8-5-2)18-15-9-6-3/h4-19H2,1-3H3/q+1. The van der Waals surface area contributed by atoms with Gasteiger partial charge in [-0.3, -0.25) is 0 Å². The van der Waals surface area contributed by atoms with Crippen LogP contribution >= 0.6 is 0 Å². The van der Waals surface area contributed by atoms with Crippen molar-refractivity contribution >= 4 is 10.9 Å². The van der Waals surface area contributed by atoms with Crippen molar-refractivity contribution in [1.29, 1.82) is 0 Å². The molecule has 0 aromatic rings. The summed E-state index contributed by atoms with van der Waals surface area (Å²) in [4.78, 5) is 0. The van der Waals surface area contributed by atoms with Crippen molar-refractivity contribution in [3.63, 3.8) is 0 Å². The molecule has 0 aliphatic heterocycles. The number of rotatable bonds is 16. The zero-order valence-electron chi connectivity index (χ0n) is 14.7. The summed E-state index contributed by atoms with van der Waals surface area (Å²) in [6, 6.07) is 0. The fourth-order valence-electron chi connectivity index (χ4n) is 2.68. The van der Waals surface area contributed by atoms with E-state index >= 15 is 0 Å². The van der Waals surface area contributed by atoms with Crippen molar-refractivity contribution in [3.8, 4) is 0 Å². The molecule has 1 heteroatoms. The van der Waals surface area contributed by atoms with Crippen molar-refractivity contribution in [2.24, 2.45) is 0 Å². The van der Waals surface area contributed by atoms with Crippen LogP contribution in [0.4, 0.5) is 0 Å². The third kappa shape index (κ3) is 14.8. The van der Waals surface area contributed by atoms with E-state index in [-0.39, 0.29) is 0 Å². The van der Waals surface area contributed by atoms with E-state index < -0.39 is 0 Å². The molecule has 0 amide bonds. The Hall–Kier alpha value is 0.350. The van der Waals surface area contributed by atoms with Gasteiger partial charge in [0.15, 0.2) is 0 Å². The van der Waals surface area contributed by atoms with Gasteiger partial charge in [-0.05, 0) is 49.4 Å². The maximum atomic E-state index is 2.32. The predicted molar refractivity (Wildman–Crippen MR) is 99.0 cm³/mol. The third-order valence-corrected chi connectivity index (χ3v) is 6.71. The molecule has 0 atom stereocenters. The van der Waals surface area contributed by atoms with Gasteiger partial charge in [0.05, 0.1) is 0 Å². The van der Waals surface area contributed by atoms with Gasteiger partial charge in [0.1, 0.15) is 17.3 Å². The predicted octanol–water partition coefficient (Wildman–Crippen LogP) is 6.74. The third-order valence-electron chi connectivity index (χ3n) is 4.11. The Morgan fingerprint density at radius 2 is 0.700 bits per heavy atom. The van der Waals surface area contributed by atoms with E-state index in [0.29, 0.717) is 0 Å². The van der Waals surface area contributed by atoms with Crippen LogP contribution in [0.15, 0.2) is 0 Å². The van der Waals surface area contributed by atoms with E-state index in [1.54, 1.807) is 5.75 Å². The van der Waals surface area contributed by atoms with E-state index in [4.69, 9.17) is 0 Å². The second kappa shape index (κ2) is 17.4. The molecular weight excluding hydrogens is 260 g/mol. The zero-order chi connectivity index (χ0) is 14.9. The second-order valence-corrected chi connectivity index (χ2v) is 8.71. The highest BCUT2D eigenvalue weighted by Crippen LogP contribution is 2.13. The highest BCUT2D eigenvalue weighted by Gasteiger charge is 2.16. The first-order valence-electron chi connectivity index (χ1n) is 9.49. The first kappa shape index (κ1) is 20.3. The quantitative estimate of drug-likeness (QED) is 0.219. The Kier molecular flexibility index (Phi) is 17.7. The van der Waals surface area contributed by atoms with Gasteiger partial charge in [-0.1, -0.05) is 65.7 Å².